The number of rotatable bonds is 6. The molecule has 142 valence electrons. The quantitative estimate of drug-likeness (QED) is 0.642. The van der Waals surface area contributed by atoms with Crippen molar-refractivity contribution in [2.24, 2.45) is 7.05 Å². The first-order valence-electron chi connectivity index (χ1n) is 9.83. The van der Waals surface area contributed by atoms with Gasteiger partial charge in [-0.05, 0) is 44.5 Å². The first-order chi connectivity index (χ1) is 13.2. The van der Waals surface area contributed by atoms with Gasteiger partial charge in [0.1, 0.15) is 5.75 Å². The highest BCUT2D eigenvalue weighted by Crippen LogP contribution is 2.35. The van der Waals surface area contributed by atoms with Gasteiger partial charge in [-0.2, -0.15) is 0 Å². The average molecular weight is 364 g/mol. The first kappa shape index (κ1) is 18.1. The van der Waals surface area contributed by atoms with E-state index in [1.807, 2.05) is 12.1 Å². The summed E-state index contributed by atoms with van der Waals surface area (Å²) < 4.78 is 14.0. The molecule has 4 heteroatoms. The third-order valence-electron chi connectivity index (χ3n) is 5.39. The van der Waals surface area contributed by atoms with E-state index >= 15 is 0 Å². The van der Waals surface area contributed by atoms with E-state index in [1.165, 1.54) is 22.0 Å². The monoisotopic (exact) mass is 364 g/mol. The first-order valence-corrected chi connectivity index (χ1v) is 9.83. The van der Waals surface area contributed by atoms with Crippen LogP contribution in [0.4, 0.5) is 0 Å². The molecule has 0 unspecified atom stereocenters. The topological polar surface area (TPSA) is 26.6 Å². The predicted molar refractivity (Wildman–Crippen MR) is 110 cm³/mol. The summed E-state index contributed by atoms with van der Waals surface area (Å²) in [7, 11) is 2.09. The summed E-state index contributed by atoms with van der Waals surface area (Å²) >= 11 is 0. The molecule has 27 heavy (non-hydrogen) atoms. The smallest absolute Gasteiger partial charge is 0.204 e. The van der Waals surface area contributed by atoms with Gasteiger partial charge in [0.15, 0.2) is 0 Å². The molecule has 0 atom stereocenters. The van der Waals surface area contributed by atoms with Gasteiger partial charge in [-0.3, -0.25) is 4.90 Å². The minimum absolute atomic E-state index is 0.857. The molecule has 1 saturated heterocycles. The van der Waals surface area contributed by atoms with E-state index in [0.29, 0.717) is 0 Å². The van der Waals surface area contributed by atoms with Crippen molar-refractivity contribution in [2.75, 3.05) is 32.8 Å². The van der Waals surface area contributed by atoms with Crippen LogP contribution in [0.5, 0.6) is 11.6 Å². The van der Waals surface area contributed by atoms with Crippen LogP contribution >= 0.6 is 0 Å². The van der Waals surface area contributed by atoms with E-state index in [4.69, 9.17) is 9.47 Å². The number of hydrogen-bond acceptors (Lipinski definition) is 3. The van der Waals surface area contributed by atoms with Crippen LogP contribution in [0.15, 0.2) is 48.5 Å². The summed E-state index contributed by atoms with van der Waals surface area (Å²) in [5.41, 5.74) is 3.77. The molecule has 1 aromatic heterocycles. The summed E-state index contributed by atoms with van der Waals surface area (Å²) in [6.07, 6.45) is 2.14. The van der Waals surface area contributed by atoms with Gasteiger partial charge >= 0.3 is 0 Å². The summed E-state index contributed by atoms with van der Waals surface area (Å²) in [5.74, 6) is 1.85. The molecule has 2 aromatic carbocycles. The van der Waals surface area contributed by atoms with Crippen LogP contribution in [0.3, 0.4) is 0 Å². The van der Waals surface area contributed by atoms with Crippen molar-refractivity contribution in [3.05, 3.63) is 59.7 Å². The largest absolute Gasteiger partial charge is 0.441 e. The molecule has 0 amide bonds. The third kappa shape index (κ3) is 4.02. The second kappa shape index (κ2) is 8.15. The molecule has 0 spiro atoms. The van der Waals surface area contributed by atoms with E-state index < -0.39 is 0 Å². The third-order valence-corrected chi connectivity index (χ3v) is 5.39. The molecule has 2 heterocycles. The zero-order valence-corrected chi connectivity index (χ0v) is 16.3. The normalized spacial score (nSPS) is 15.3. The average Bonchev–Trinajstić information content (AvgIpc) is 2.97. The summed E-state index contributed by atoms with van der Waals surface area (Å²) in [6, 6.07) is 16.9. The van der Waals surface area contributed by atoms with Gasteiger partial charge in [-0.1, -0.05) is 35.9 Å². The minimum Gasteiger partial charge on any atom is -0.441 e. The maximum Gasteiger partial charge on any atom is 0.204 e. The number of aryl methyl sites for hydroxylation is 3. The second-order valence-electron chi connectivity index (χ2n) is 7.33. The Morgan fingerprint density at radius 2 is 1.74 bits per heavy atom. The van der Waals surface area contributed by atoms with Crippen molar-refractivity contribution in [3.8, 4) is 11.6 Å². The zero-order chi connectivity index (χ0) is 18.6. The molecule has 4 nitrogen and oxygen atoms in total. The van der Waals surface area contributed by atoms with Gasteiger partial charge in [0.25, 0.3) is 0 Å². The van der Waals surface area contributed by atoms with E-state index in [0.717, 1.165) is 57.3 Å². The van der Waals surface area contributed by atoms with Crippen molar-refractivity contribution >= 4 is 10.9 Å². The number of morpholine rings is 1. The number of nitrogens with zero attached hydrogens (tertiary/aromatic N) is 2. The number of fused-ring (bicyclic) bond motifs is 1. The summed E-state index contributed by atoms with van der Waals surface area (Å²) in [5, 5.41) is 1.30. The Morgan fingerprint density at radius 1 is 1.00 bits per heavy atom. The standard InChI is InChI=1S/C23H28N2O2/c1-18-9-11-19(12-10-18)27-23-21(7-5-13-25-14-16-26-17-15-25)20-6-3-4-8-22(20)24(23)2/h3-4,6,8-12H,5,7,13-17H2,1-2H3. The van der Waals surface area contributed by atoms with Crippen molar-refractivity contribution < 1.29 is 9.47 Å². The Balaban J connectivity index is 1.58. The Morgan fingerprint density at radius 3 is 2.52 bits per heavy atom. The van der Waals surface area contributed by atoms with Crippen LogP contribution in [0.25, 0.3) is 10.9 Å². The van der Waals surface area contributed by atoms with Crippen LogP contribution in [-0.2, 0) is 18.2 Å². The van der Waals surface area contributed by atoms with Crippen molar-refractivity contribution in [2.45, 2.75) is 19.8 Å². The Bertz CT molecular complexity index is 893. The second-order valence-corrected chi connectivity index (χ2v) is 7.33. The fraction of sp³-hybridized carbons (Fsp3) is 0.391. The molecule has 0 bridgehead atoms. The lowest BCUT2D eigenvalue weighted by Gasteiger charge is -2.26. The van der Waals surface area contributed by atoms with E-state index in [-0.39, 0.29) is 0 Å². The Hall–Kier alpha value is -2.30. The number of para-hydroxylation sites is 1. The van der Waals surface area contributed by atoms with Gasteiger partial charge in [-0.15, -0.1) is 0 Å². The number of ether oxygens (including phenoxy) is 2. The Kier molecular flexibility index (Phi) is 5.46. The van der Waals surface area contributed by atoms with Crippen LogP contribution in [0, 0.1) is 6.92 Å². The van der Waals surface area contributed by atoms with Gasteiger partial charge in [-0.25, -0.2) is 0 Å². The van der Waals surface area contributed by atoms with Crippen molar-refractivity contribution in [3.63, 3.8) is 0 Å². The van der Waals surface area contributed by atoms with Gasteiger partial charge in [0.2, 0.25) is 5.88 Å². The van der Waals surface area contributed by atoms with Crippen LogP contribution in [0.2, 0.25) is 0 Å². The zero-order valence-electron chi connectivity index (χ0n) is 16.3. The molecule has 0 N–H and O–H groups in total. The van der Waals surface area contributed by atoms with E-state index in [1.54, 1.807) is 0 Å². The minimum atomic E-state index is 0.857. The molecule has 0 radical (unpaired) electrons. The molecule has 1 fully saturated rings. The molecule has 1 aliphatic heterocycles. The van der Waals surface area contributed by atoms with Gasteiger partial charge in [0, 0.05) is 31.1 Å². The lowest BCUT2D eigenvalue weighted by atomic mass is 10.1. The molecular weight excluding hydrogens is 336 g/mol. The van der Waals surface area contributed by atoms with Crippen LogP contribution in [0.1, 0.15) is 17.5 Å². The number of hydrogen-bond donors (Lipinski definition) is 0. The number of aromatic nitrogens is 1. The molecule has 0 aliphatic carbocycles. The molecule has 1 aliphatic rings. The molecular formula is C23H28N2O2. The fourth-order valence-corrected chi connectivity index (χ4v) is 3.84. The molecule has 0 saturated carbocycles. The lowest BCUT2D eigenvalue weighted by molar-refractivity contribution is 0.0374. The summed E-state index contributed by atoms with van der Waals surface area (Å²) in [4.78, 5) is 2.50. The van der Waals surface area contributed by atoms with Crippen LogP contribution in [-0.4, -0.2) is 42.3 Å². The van der Waals surface area contributed by atoms with Crippen LogP contribution < -0.4 is 4.74 Å². The van der Waals surface area contributed by atoms with Crippen molar-refractivity contribution in [1.82, 2.24) is 9.47 Å². The van der Waals surface area contributed by atoms with E-state index in [2.05, 4.69) is 59.8 Å². The highest BCUT2D eigenvalue weighted by Gasteiger charge is 2.18. The SMILES string of the molecule is Cc1ccc(Oc2c(CCCN3CCOCC3)c3ccccc3n2C)cc1. The van der Waals surface area contributed by atoms with Gasteiger partial charge in [0.05, 0.1) is 18.7 Å². The molecule has 4 rings (SSSR count). The number of benzene rings is 2. The maximum atomic E-state index is 6.35. The molecule has 3 aromatic rings. The van der Waals surface area contributed by atoms with Gasteiger partial charge < -0.3 is 14.0 Å². The maximum absolute atomic E-state index is 6.35. The summed E-state index contributed by atoms with van der Waals surface area (Å²) in [6.45, 7) is 7.00. The Labute approximate surface area is 161 Å². The highest BCUT2D eigenvalue weighted by atomic mass is 16.5. The lowest BCUT2D eigenvalue weighted by Crippen LogP contribution is -2.36. The predicted octanol–water partition coefficient (Wildman–Crippen LogP) is 4.54. The fourth-order valence-electron chi connectivity index (χ4n) is 3.84. The van der Waals surface area contributed by atoms with E-state index in [9.17, 15) is 0 Å². The highest BCUT2D eigenvalue weighted by molar-refractivity contribution is 5.87. The van der Waals surface area contributed by atoms with Crippen molar-refractivity contribution in [1.29, 1.82) is 0 Å².